The van der Waals surface area contributed by atoms with Gasteiger partial charge < -0.3 is 0 Å². The van der Waals surface area contributed by atoms with E-state index in [2.05, 4.69) is 22.0 Å². The highest BCUT2D eigenvalue weighted by atomic mass is 15.1. The first kappa shape index (κ1) is 12.2. The van der Waals surface area contributed by atoms with E-state index in [1.165, 1.54) is 63.7 Å². The molecule has 0 bridgehead atoms. The molecule has 0 radical (unpaired) electrons. The molecule has 2 fully saturated rings. The molecule has 1 aromatic heterocycles. The third-order valence-electron chi connectivity index (χ3n) is 4.94. The Bertz CT molecular complexity index is 358. The minimum absolute atomic E-state index is 0.721. The number of piperidine rings is 1. The third-order valence-corrected chi connectivity index (χ3v) is 4.94. The molecule has 3 rings (SSSR count). The normalized spacial score (nSPS) is 24.2. The van der Waals surface area contributed by atoms with Gasteiger partial charge in [0, 0.05) is 12.7 Å². The third kappa shape index (κ3) is 2.74. The van der Waals surface area contributed by atoms with Crippen LogP contribution in [0.15, 0.2) is 24.4 Å². The summed E-state index contributed by atoms with van der Waals surface area (Å²) < 4.78 is 0. The van der Waals surface area contributed by atoms with Gasteiger partial charge in [-0.05, 0) is 56.3 Å². The molecule has 1 saturated heterocycles. The summed E-state index contributed by atoms with van der Waals surface area (Å²) in [5.41, 5.74) is 1.94. The Balaban J connectivity index is 1.54. The van der Waals surface area contributed by atoms with E-state index in [1.807, 2.05) is 12.3 Å². The SMILES string of the molecule is c1ccc(CN2CCC3(CCCCC3)CC2)nc1. The molecule has 2 nitrogen and oxygen atoms in total. The summed E-state index contributed by atoms with van der Waals surface area (Å²) in [5, 5.41) is 0. The lowest BCUT2D eigenvalue weighted by Crippen LogP contribution is -2.40. The second-order valence-electron chi connectivity index (χ2n) is 6.16. The summed E-state index contributed by atoms with van der Waals surface area (Å²) in [4.78, 5) is 7.02. The zero-order valence-corrected chi connectivity index (χ0v) is 11.3. The van der Waals surface area contributed by atoms with Gasteiger partial charge in [-0.25, -0.2) is 0 Å². The lowest BCUT2D eigenvalue weighted by Gasteiger charge is -2.44. The first-order valence-corrected chi connectivity index (χ1v) is 7.49. The van der Waals surface area contributed by atoms with E-state index in [9.17, 15) is 0 Å². The minimum Gasteiger partial charge on any atom is -0.297 e. The lowest BCUT2D eigenvalue weighted by atomic mass is 9.68. The molecule has 0 atom stereocenters. The molecular weight excluding hydrogens is 220 g/mol. The van der Waals surface area contributed by atoms with Gasteiger partial charge in [0.25, 0.3) is 0 Å². The van der Waals surface area contributed by atoms with E-state index >= 15 is 0 Å². The van der Waals surface area contributed by atoms with Gasteiger partial charge in [0.15, 0.2) is 0 Å². The zero-order chi connectivity index (χ0) is 12.3. The molecule has 2 aliphatic rings. The van der Waals surface area contributed by atoms with Crippen LogP contribution in [0.2, 0.25) is 0 Å². The molecule has 1 saturated carbocycles. The number of likely N-dealkylation sites (tertiary alicyclic amines) is 1. The van der Waals surface area contributed by atoms with Crippen LogP contribution >= 0.6 is 0 Å². The van der Waals surface area contributed by atoms with E-state index in [0.717, 1.165) is 12.0 Å². The van der Waals surface area contributed by atoms with Crippen LogP contribution in [0.25, 0.3) is 0 Å². The second kappa shape index (κ2) is 5.40. The van der Waals surface area contributed by atoms with E-state index in [0.29, 0.717) is 0 Å². The van der Waals surface area contributed by atoms with Crippen LogP contribution in [-0.4, -0.2) is 23.0 Å². The molecule has 0 aromatic carbocycles. The van der Waals surface area contributed by atoms with Crippen LogP contribution in [0.5, 0.6) is 0 Å². The topological polar surface area (TPSA) is 16.1 Å². The van der Waals surface area contributed by atoms with Crippen LogP contribution in [-0.2, 0) is 6.54 Å². The van der Waals surface area contributed by atoms with Crippen LogP contribution in [0, 0.1) is 5.41 Å². The van der Waals surface area contributed by atoms with Crippen molar-refractivity contribution in [2.45, 2.75) is 51.5 Å². The first-order chi connectivity index (χ1) is 8.86. The van der Waals surface area contributed by atoms with Crippen molar-refractivity contribution >= 4 is 0 Å². The largest absolute Gasteiger partial charge is 0.297 e. The van der Waals surface area contributed by atoms with Crippen molar-refractivity contribution in [3.8, 4) is 0 Å². The highest BCUT2D eigenvalue weighted by molar-refractivity contribution is 5.03. The maximum Gasteiger partial charge on any atom is 0.0543 e. The number of nitrogens with zero attached hydrogens (tertiary/aromatic N) is 2. The summed E-state index contributed by atoms with van der Waals surface area (Å²) in [5.74, 6) is 0. The van der Waals surface area contributed by atoms with Crippen molar-refractivity contribution in [3.05, 3.63) is 30.1 Å². The van der Waals surface area contributed by atoms with Crippen molar-refractivity contribution in [2.24, 2.45) is 5.41 Å². The fraction of sp³-hybridized carbons (Fsp3) is 0.688. The van der Waals surface area contributed by atoms with Crippen LogP contribution in [0.3, 0.4) is 0 Å². The van der Waals surface area contributed by atoms with Crippen molar-refractivity contribution in [2.75, 3.05) is 13.1 Å². The van der Waals surface area contributed by atoms with Crippen molar-refractivity contribution in [3.63, 3.8) is 0 Å². The average Bonchev–Trinajstić information content (AvgIpc) is 2.44. The highest BCUT2D eigenvalue weighted by Crippen LogP contribution is 2.44. The van der Waals surface area contributed by atoms with Gasteiger partial charge in [0.1, 0.15) is 0 Å². The fourth-order valence-electron chi connectivity index (χ4n) is 3.71. The van der Waals surface area contributed by atoms with E-state index in [4.69, 9.17) is 0 Å². The minimum atomic E-state index is 0.721. The summed E-state index contributed by atoms with van der Waals surface area (Å²) in [6.07, 6.45) is 12.1. The van der Waals surface area contributed by atoms with Crippen LogP contribution in [0.1, 0.15) is 50.6 Å². The Hall–Kier alpha value is -0.890. The van der Waals surface area contributed by atoms with Gasteiger partial charge in [-0.15, -0.1) is 0 Å². The molecule has 18 heavy (non-hydrogen) atoms. The predicted octanol–water partition coefficient (Wildman–Crippen LogP) is 3.63. The van der Waals surface area contributed by atoms with Gasteiger partial charge >= 0.3 is 0 Å². The zero-order valence-electron chi connectivity index (χ0n) is 11.3. The van der Waals surface area contributed by atoms with Gasteiger partial charge in [-0.2, -0.15) is 0 Å². The Morgan fingerprint density at radius 2 is 1.78 bits per heavy atom. The van der Waals surface area contributed by atoms with E-state index in [-0.39, 0.29) is 0 Å². The highest BCUT2D eigenvalue weighted by Gasteiger charge is 2.35. The summed E-state index contributed by atoms with van der Waals surface area (Å²) in [6.45, 7) is 3.59. The van der Waals surface area contributed by atoms with Gasteiger partial charge in [0.2, 0.25) is 0 Å². The number of pyridine rings is 1. The second-order valence-corrected chi connectivity index (χ2v) is 6.16. The van der Waals surface area contributed by atoms with Gasteiger partial charge in [-0.3, -0.25) is 9.88 Å². The molecule has 1 spiro atoms. The van der Waals surface area contributed by atoms with Crippen molar-refractivity contribution in [1.82, 2.24) is 9.88 Å². The number of aromatic nitrogens is 1. The Kier molecular flexibility index (Phi) is 3.64. The molecule has 0 amide bonds. The average molecular weight is 244 g/mol. The molecule has 2 heteroatoms. The predicted molar refractivity (Wildman–Crippen MR) is 74.3 cm³/mol. The van der Waals surface area contributed by atoms with E-state index < -0.39 is 0 Å². The lowest BCUT2D eigenvalue weighted by molar-refractivity contribution is 0.0635. The molecule has 1 aliphatic carbocycles. The van der Waals surface area contributed by atoms with Gasteiger partial charge in [0.05, 0.1) is 5.69 Å². The molecule has 1 aliphatic heterocycles. The van der Waals surface area contributed by atoms with Crippen LogP contribution in [0.4, 0.5) is 0 Å². The van der Waals surface area contributed by atoms with Gasteiger partial charge in [-0.1, -0.05) is 25.3 Å². The van der Waals surface area contributed by atoms with Crippen molar-refractivity contribution < 1.29 is 0 Å². The molecule has 0 unspecified atom stereocenters. The van der Waals surface area contributed by atoms with E-state index in [1.54, 1.807) is 0 Å². The number of hydrogen-bond donors (Lipinski definition) is 0. The number of hydrogen-bond acceptors (Lipinski definition) is 2. The molecule has 2 heterocycles. The standard InChI is InChI=1S/C16H24N2/c1-3-7-16(8-4-1)9-12-18(13-10-16)14-15-6-2-5-11-17-15/h2,5-6,11H,1,3-4,7-10,12-14H2. The smallest absolute Gasteiger partial charge is 0.0543 e. The molecule has 98 valence electrons. The maximum atomic E-state index is 4.44. The van der Waals surface area contributed by atoms with Crippen LogP contribution < -0.4 is 0 Å². The molecule has 1 aromatic rings. The Labute approximate surface area is 110 Å². The monoisotopic (exact) mass is 244 g/mol. The number of rotatable bonds is 2. The summed E-state index contributed by atoms with van der Waals surface area (Å²) in [7, 11) is 0. The van der Waals surface area contributed by atoms with Crippen molar-refractivity contribution in [1.29, 1.82) is 0 Å². The quantitative estimate of drug-likeness (QED) is 0.790. The summed E-state index contributed by atoms with van der Waals surface area (Å²) >= 11 is 0. The Morgan fingerprint density at radius 1 is 1.00 bits per heavy atom. The Morgan fingerprint density at radius 3 is 2.44 bits per heavy atom. The summed E-state index contributed by atoms with van der Waals surface area (Å²) in [6, 6.07) is 6.23. The maximum absolute atomic E-state index is 4.44. The fourth-order valence-corrected chi connectivity index (χ4v) is 3.71. The first-order valence-electron chi connectivity index (χ1n) is 7.49. The molecular formula is C16H24N2. The molecule has 0 N–H and O–H groups in total.